The second-order valence-electron chi connectivity index (χ2n) is 6.55. The van der Waals surface area contributed by atoms with Gasteiger partial charge in [0.05, 0.1) is 12.1 Å². The molecule has 1 aromatic rings. The van der Waals surface area contributed by atoms with Crippen molar-refractivity contribution in [2.24, 2.45) is 17.6 Å². The molecule has 0 radical (unpaired) electrons. The SMILES string of the molecule is CC(C)CC(C)Oc1cc(CNC(=O)[C@@H](N)C(C)C)ccn1. The fourth-order valence-electron chi connectivity index (χ4n) is 2.15. The Morgan fingerprint density at radius 3 is 2.59 bits per heavy atom. The second-order valence-corrected chi connectivity index (χ2v) is 6.55. The Kier molecular flexibility index (Phi) is 7.32. The minimum atomic E-state index is -0.483. The number of nitrogens with two attached hydrogens (primary N) is 1. The summed E-state index contributed by atoms with van der Waals surface area (Å²) in [6.07, 6.45) is 2.79. The van der Waals surface area contributed by atoms with Crippen LogP contribution in [-0.2, 0) is 11.3 Å². The van der Waals surface area contributed by atoms with Crippen LogP contribution in [0.2, 0.25) is 0 Å². The Hall–Kier alpha value is -1.62. The van der Waals surface area contributed by atoms with Gasteiger partial charge in [0.25, 0.3) is 0 Å². The number of pyridine rings is 1. The van der Waals surface area contributed by atoms with Gasteiger partial charge in [-0.25, -0.2) is 4.98 Å². The van der Waals surface area contributed by atoms with E-state index in [-0.39, 0.29) is 17.9 Å². The number of carbonyl (C=O) groups excluding carboxylic acids is 1. The first-order chi connectivity index (χ1) is 10.3. The molecule has 0 saturated heterocycles. The molecule has 5 nitrogen and oxygen atoms in total. The zero-order valence-corrected chi connectivity index (χ0v) is 14.3. The number of carbonyl (C=O) groups is 1. The minimum absolute atomic E-state index is 0.117. The Morgan fingerprint density at radius 2 is 2.00 bits per heavy atom. The van der Waals surface area contributed by atoms with Gasteiger partial charge in [0.2, 0.25) is 11.8 Å². The number of amides is 1. The lowest BCUT2D eigenvalue weighted by molar-refractivity contribution is -0.123. The van der Waals surface area contributed by atoms with Gasteiger partial charge in [-0.2, -0.15) is 0 Å². The summed E-state index contributed by atoms with van der Waals surface area (Å²) in [4.78, 5) is 16.1. The van der Waals surface area contributed by atoms with Crippen molar-refractivity contribution in [1.29, 1.82) is 0 Å². The summed E-state index contributed by atoms with van der Waals surface area (Å²) in [6, 6.07) is 3.24. The van der Waals surface area contributed by atoms with Crippen LogP contribution in [0.25, 0.3) is 0 Å². The van der Waals surface area contributed by atoms with Crippen molar-refractivity contribution in [3.05, 3.63) is 23.9 Å². The highest BCUT2D eigenvalue weighted by atomic mass is 16.5. The molecule has 0 fully saturated rings. The first-order valence-corrected chi connectivity index (χ1v) is 7.94. The number of nitrogens with zero attached hydrogens (tertiary/aromatic N) is 1. The molecular formula is C17H29N3O2. The molecule has 22 heavy (non-hydrogen) atoms. The molecule has 124 valence electrons. The molecule has 0 spiro atoms. The van der Waals surface area contributed by atoms with Crippen molar-refractivity contribution in [2.75, 3.05) is 0 Å². The normalized spacial score (nSPS) is 14.0. The largest absolute Gasteiger partial charge is 0.475 e. The zero-order chi connectivity index (χ0) is 16.7. The summed E-state index contributed by atoms with van der Waals surface area (Å²) < 4.78 is 5.81. The number of ether oxygens (including phenoxy) is 1. The van der Waals surface area contributed by atoms with Crippen molar-refractivity contribution < 1.29 is 9.53 Å². The molecule has 3 N–H and O–H groups in total. The predicted octanol–water partition coefficient (Wildman–Crippen LogP) is 2.49. The van der Waals surface area contributed by atoms with Crippen LogP contribution in [-0.4, -0.2) is 23.0 Å². The average Bonchev–Trinajstić information content (AvgIpc) is 2.43. The van der Waals surface area contributed by atoms with Crippen LogP contribution in [0.3, 0.4) is 0 Å². The van der Waals surface area contributed by atoms with Crippen LogP contribution in [0, 0.1) is 11.8 Å². The van der Waals surface area contributed by atoms with E-state index >= 15 is 0 Å². The van der Waals surface area contributed by atoms with E-state index in [4.69, 9.17) is 10.5 Å². The maximum Gasteiger partial charge on any atom is 0.237 e. The molecule has 1 heterocycles. The van der Waals surface area contributed by atoms with E-state index in [1.54, 1.807) is 6.20 Å². The van der Waals surface area contributed by atoms with Crippen LogP contribution in [0.15, 0.2) is 18.3 Å². The van der Waals surface area contributed by atoms with Crippen molar-refractivity contribution >= 4 is 5.91 Å². The third-order valence-electron chi connectivity index (χ3n) is 3.41. The van der Waals surface area contributed by atoms with E-state index < -0.39 is 6.04 Å². The highest BCUT2D eigenvalue weighted by molar-refractivity contribution is 5.81. The van der Waals surface area contributed by atoms with E-state index in [1.807, 2.05) is 32.9 Å². The van der Waals surface area contributed by atoms with E-state index in [9.17, 15) is 4.79 Å². The summed E-state index contributed by atoms with van der Waals surface area (Å²) in [5.41, 5.74) is 6.77. The van der Waals surface area contributed by atoms with Crippen LogP contribution >= 0.6 is 0 Å². The van der Waals surface area contributed by atoms with Crippen molar-refractivity contribution in [1.82, 2.24) is 10.3 Å². The fraction of sp³-hybridized carbons (Fsp3) is 0.647. The van der Waals surface area contributed by atoms with Gasteiger partial charge in [-0.3, -0.25) is 4.79 Å². The summed E-state index contributed by atoms with van der Waals surface area (Å²) in [5.74, 6) is 1.15. The molecule has 2 atom stereocenters. The number of hydrogen-bond acceptors (Lipinski definition) is 4. The lowest BCUT2D eigenvalue weighted by Crippen LogP contribution is -2.43. The maximum atomic E-state index is 11.9. The first kappa shape index (κ1) is 18.4. The molecule has 0 saturated carbocycles. The Morgan fingerprint density at radius 1 is 1.32 bits per heavy atom. The zero-order valence-electron chi connectivity index (χ0n) is 14.3. The Labute approximate surface area is 133 Å². The molecule has 0 aromatic carbocycles. The number of rotatable bonds is 8. The fourth-order valence-corrected chi connectivity index (χ4v) is 2.15. The molecule has 0 bridgehead atoms. The topological polar surface area (TPSA) is 77.2 Å². The second kappa shape index (κ2) is 8.73. The van der Waals surface area contributed by atoms with E-state index in [0.717, 1.165) is 12.0 Å². The summed E-state index contributed by atoms with van der Waals surface area (Å²) in [7, 11) is 0. The summed E-state index contributed by atoms with van der Waals surface area (Å²) in [5, 5.41) is 2.85. The third kappa shape index (κ3) is 6.43. The Balaban J connectivity index is 2.55. The standard InChI is InChI=1S/C17H29N3O2/c1-11(2)8-13(5)22-15-9-14(6-7-19-15)10-20-17(21)16(18)12(3)4/h6-7,9,11-13,16H,8,10,18H2,1-5H3,(H,20,21)/t13?,16-/m0/s1. The molecule has 1 aromatic heterocycles. The average molecular weight is 307 g/mol. The highest BCUT2D eigenvalue weighted by Gasteiger charge is 2.16. The molecule has 0 aliphatic carbocycles. The Bertz CT molecular complexity index is 475. The van der Waals surface area contributed by atoms with Crippen LogP contribution in [0.1, 0.15) is 46.6 Å². The molecule has 5 heteroatoms. The lowest BCUT2D eigenvalue weighted by Gasteiger charge is -2.17. The van der Waals surface area contributed by atoms with Crippen LogP contribution in [0.4, 0.5) is 0 Å². The van der Waals surface area contributed by atoms with Crippen molar-refractivity contribution in [3.63, 3.8) is 0 Å². The molecule has 0 aliphatic heterocycles. The van der Waals surface area contributed by atoms with Gasteiger partial charge in [-0.05, 0) is 36.8 Å². The third-order valence-corrected chi connectivity index (χ3v) is 3.41. The van der Waals surface area contributed by atoms with E-state index in [1.165, 1.54) is 0 Å². The summed E-state index contributed by atoms with van der Waals surface area (Å²) in [6.45, 7) is 10.7. The molecule has 1 rings (SSSR count). The molecule has 1 unspecified atom stereocenters. The van der Waals surface area contributed by atoms with Crippen LogP contribution in [0.5, 0.6) is 5.88 Å². The lowest BCUT2D eigenvalue weighted by atomic mass is 10.1. The van der Waals surface area contributed by atoms with Crippen molar-refractivity contribution in [3.8, 4) is 5.88 Å². The highest BCUT2D eigenvalue weighted by Crippen LogP contribution is 2.15. The van der Waals surface area contributed by atoms with Crippen LogP contribution < -0.4 is 15.8 Å². The van der Waals surface area contributed by atoms with Gasteiger partial charge in [-0.15, -0.1) is 0 Å². The predicted molar refractivity (Wildman–Crippen MR) is 88.4 cm³/mol. The smallest absolute Gasteiger partial charge is 0.237 e. The van der Waals surface area contributed by atoms with Gasteiger partial charge < -0.3 is 15.8 Å². The van der Waals surface area contributed by atoms with Gasteiger partial charge in [0.1, 0.15) is 0 Å². The molecular weight excluding hydrogens is 278 g/mol. The monoisotopic (exact) mass is 307 g/mol. The maximum absolute atomic E-state index is 11.9. The number of nitrogens with one attached hydrogen (secondary N) is 1. The van der Waals surface area contributed by atoms with Gasteiger partial charge in [0.15, 0.2) is 0 Å². The van der Waals surface area contributed by atoms with Gasteiger partial charge >= 0.3 is 0 Å². The quantitative estimate of drug-likeness (QED) is 0.773. The molecule has 1 amide bonds. The summed E-state index contributed by atoms with van der Waals surface area (Å²) >= 11 is 0. The van der Waals surface area contributed by atoms with Crippen molar-refractivity contribution in [2.45, 2.75) is 59.7 Å². The minimum Gasteiger partial charge on any atom is -0.475 e. The first-order valence-electron chi connectivity index (χ1n) is 7.94. The number of hydrogen-bond donors (Lipinski definition) is 2. The van der Waals surface area contributed by atoms with Gasteiger partial charge in [-0.1, -0.05) is 27.7 Å². The molecule has 0 aliphatic rings. The van der Waals surface area contributed by atoms with E-state index in [2.05, 4.69) is 24.1 Å². The van der Waals surface area contributed by atoms with E-state index in [0.29, 0.717) is 18.3 Å². The number of aromatic nitrogens is 1. The van der Waals surface area contributed by atoms with Gasteiger partial charge in [0, 0.05) is 18.8 Å².